The number of unbranched alkanes of at least 4 members (excludes halogenated alkanes) is 12. The molecule has 2 aliphatic rings. The highest BCUT2D eigenvalue weighted by atomic mass is 15.1. The molecule has 0 atom stereocenters. The molecular weight excluding hydrogens is 342 g/mol. The molecule has 2 heterocycles. The molecule has 2 fully saturated rings. The van der Waals surface area contributed by atoms with Gasteiger partial charge in [0.25, 0.3) is 0 Å². The van der Waals surface area contributed by atoms with E-state index < -0.39 is 0 Å². The Morgan fingerprint density at radius 3 is 1.64 bits per heavy atom. The van der Waals surface area contributed by atoms with Crippen LogP contribution in [-0.2, 0) is 0 Å². The zero-order valence-corrected chi connectivity index (χ0v) is 19.2. The molecular formula is C25H51N3. The van der Waals surface area contributed by atoms with Crippen LogP contribution in [0.3, 0.4) is 0 Å². The van der Waals surface area contributed by atoms with E-state index in [1.165, 1.54) is 142 Å². The van der Waals surface area contributed by atoms with E-state index in [0.29, 0.717) is 0 Å². The zero-order valence-electron chi connectivity index (χ0n) is 19.2. The molecule has 0 aliphatic carbocycles. The van der Waals surface area contributed by atoms with E-state index in [1.54, 1.807) is 0 Å². The summed E-state index contributed by atoms with van der Waals surface area (Å²) in [5.41, 5.74) is 0. The first-order chi connectivity index (χ1) is 13.9. The van der Waals surface area contributed by atoms with Gasteiger partial charge in [0.05, 0.1) is 0 Å². The normalized spacial score (nSPS) is 20.0. The Morgan fingerprint density at radius 2 is 1.11 bits per heavy atom. The van der Waals surface area contributed by atoms with Gasteiger partial charge in [-0.15, -0.1) is 0 Å². The maximum absolute atomic E-state index is 3.93. The molecule has 3 heteroatoms. The van der Waals surface area contributed by atoms with Crippen molar-refractivity contribution >= 4 is 0 Å². The van der Waals surface area contributed by atoms with Crippen LogP contribution < -0.4 is 10.6 Å². The lowest BCUT2D eigenvalue weighted by molar-refractivity contribution is 0.182. The summed E-state index contributed by atoms with van der Waals surface area (Å²) >= 11 is 0. The van der Waals surface area contributed by atoms with Gasteiger partial charge >= 0.3 is 0 Å². The molecule has 2 rings (SSSR count). The predicted molar refractivity (Wildman–Crippen MR) is 124 cm³/mol. The molecule has 0 unspecified atom stereocenters. The third-order valence-corrected chi connectivity index (χ3v) is 6.98. The Kier molecular flexibility index (Phi) is 14.4. The van der Waals surface area contributed by atoms with E-state index in [-0.39, 0.29) is 0 Å². The molecule has 0 spiro atoms. The van der Waals surface area contributed by atoms with E-state index in [4.69, 9.17) is 0 Å². The number of hydrogen-bond acceptors (Lipinski definition) is 3. The Bertz CT molecular complexity index is 333. The number of rotatable bonds is 16. The van der Waals surface area contributed by atoms with Crippen molar-refractivity contribution in [3.8, 4) is 0 Å². The molecule has 2 aliphatic heterocycles. The predicted octanol–water partition coefficient (Wildman–Crippen LogP) is 5.88. The molecule has 0 amide bonds. The summed E-state index contributed by atoms with van der Waals surface area (Å²) in [5.74, 6) is 0. The van der Waals surface area contributed by atoms with E-state index in [0.717, 1.165) is 12.1 Å². The summed E-state index contributed by atoms with van der Waals surface area (Å²) in [4.78, 5) is 2.72. The fourth-order valence-corrected chi connectivity index (χ4v) is 5.00. The smallest absolute Gasteiger partial charge is 0.00940 e. The van der Waals surface area contributed by atoms with Crippen molar-refractivity contribution in [2.75, 3.05) is 32.7 Å². The Labute approximate surface area is 176 Å². The first-order valence-electron chi connectivity index (χ1n) is 13.1. The van der Waals surface area contributed by atoms with Crippen LogP contribution in [-0.4, -0.2) is 49.7 Å². The minimum atomic E-state index is 0.777. The summed E-state index contributed by atoms with van der Waals surface area (Å²) in [5, 5.41) is 7.40. The lowest BCUT2D eigenvalue weighted by Crippen LogP contribution is -2.49. The van der Waals surface area contributed by atoms with Gasteiger partial charge in [0.2, 0.25) is 0 Å². The van der Waals surface area contributed by atoms with Crippen molar-refractivity contribution < 1.29 is 0 Å². The van der Waals surface area contributed by atoms with Gasteiger partial charge in [0, 0.05) is 12.1 Å². The van der Waals surface area contributed by atoms with Gasteiger partial charge in [-0.25, -0.2) is 0 Å². The summed E-state index contributed by atoms with van der Waals surface area (Å²) in [6.45, 7) is 8.70. The fourth-order valence-electron chi connectivity index (χ4n) is 5.00. The first-order valence-corrected chi connectivity index (χ1v) is 13.1. The number of hydrogen-bond donors (Lipinski definition) is 2. The maximum atomic E-state index is 3.93. The highest BCUT2D eigenvalue weighted by Gasteiger charge is 2.22. The Hall–Kier alpha value is -0.120. The standard InChI is InChI=1S/C25H51N3/c1-2-3-4-5-6-7-8-9-10-11-12-13-14-21-28-22-17-25(18-23-28)27-24-15-19-26-20-16-24/h24-27H,2-23H2,1H3. The highest BCUT2D eigenvalue weighted by Crippen LogP contribution is 2.16. The van der Waals surface area contributed by atoms with Gasteiger partial charge in [-0.3, -0.25) is 0 Å². The summed E-state index contributed by atoms with van der Waals surface area (Å²) in [7, 11) is 0. The largest absolute Gasteiger partial charge is 0.317 e. The summed E-state index contributed by atoms with van der Waals surface area (Å²) in [6, 6.07) is 1.56. The van der Waals surface area contributed by atoms with Gasteiger partial charge in [0.15, 0.2) is 0 Å². The summed E-state index contributed by atoms with van der Waals surface area (Å²) in [6.07, 6.45) is 24.3. The lowest BCUT2D eigenvalue weighted by Gasteiger charge is -2.35. The van der Waals surface area contributed by atoms with Crippen LogP contribution in [0.4, 0.5) is 0 Å². The molecule has 2 saturated heterocycles. The molecule has 0 aromatic heterocycles. The zero-order chi connectivity index (χ0) is 19.7. The number of likely N-dealkylation sites (tertiary alicyclic amines) is 1. The average Bonchev–Trinajstić information content (AvgIpc) is 2.73. The number of piperidine rings is 2. The van der Waals surface area contributed by atoms with Gasteiger partial charge in [-0.05, 0) is 64.8 Å². The maximum Gasteiger partial charge on any atom is 0.00940 e. The van der Waals surface area contributed by atoms with Crippen LogP contribution in [0.2, 0.25) is 0 Å². The van der Waals surface area contributed by atoms with Gasteiger partial charge in [-0.1, -0.05) is 84.0 Å². The van der Waals surface area contributed by atoms with Crippen LogP contribution in [0.15, 0.2) is 0 Å². The molecule has 0 saturated carbocycles. The van der Waals surface area contributed by atoms with E-state index >= 15 is 0 Å². The van der Waals surface area contributed by atoms with E-state index in [1.807, 2.05) is 0 Å². The van der Waals surface area contributed by atoms with Crippen molar-refractivity contribution in [2.24, 2.45) is 0 Å². The molecule has 0 aromatic rings. The molecule has 28 heavy (non-hydrogen) atoms. The monoisotopic (exact) mass is 393 g/mol. The molecule has 166 valence electrons. The molecule has 0 bridgehead atoms. The molecule has 0 radical (unpaired) electrons. The van der Waals surface area contributed by atoms with Crippen LogP contribution in [0.25, 0.3) is 0 Å². The third kappa shape index (κ3) is 11.8. The van der Waals surface area contributed by atoms with Crippen molar-refractivity contribution in [1.82, 2.24) is 15.5 Å². The minimum Gasteiger partial charge on any atom is -0.317 e. The second-order valence-electron chi connectivity index (χ2n) is 9.55. The van der Waals surface area contributed by atoms with Gasteiger partial charge in [0.1, 0.15) is 0 Å². The quantitative estimate of drug-likeness (QED) is 0.320. The van der Waals surface area contributed by atoms with Crippen LogP contribution >= 0.6 is 0 Å². The minimum absolute atomic E-state index is 0.777. The SMILES string of the molecule is CCCCCCCCCCCCCCCN1CCC(NC2CCNCC2)CC1. The first kappa shape index (κ1) is 24.2. The molecule has 3 nitrogen and oxygen atoms in total. The molecule has 0 aromatic carbocycles. The third-order valence-electron chi connectivity index (χ3n) is 6.98. The highest BCUT2D eigenvalue weighted by molar-refractivity contribution is 4.83. The van der Waals surface area contributed by atoms with Crippen molar-refractivity contribution in [1.29, 1.82) is 0 Å². The lowest BCUT2D eigenvalue weighted by atomic mass is 10.00. The van der Waals surface area contributed by atoms with Crippen molar-refractivity contribution in [2.45, 2.75) is 128 Å². The second kappa shape index (κ2) is 16.7. The van der Waals surface area contributed by atoms with E-state index in [2.05, 4.69) is 22.5 Å². The van der Waals surface area contributed by atoms with Gasteiger partial charge in [-0.2, -0.15) is 0 Å². The Balaban J connectivity index is 1.31. The molecule has 2 N–H and O–H groups in total. The van der Waals surface area contributed by atoms with Crippen molar-refractivity contribution in [3.63, 3.8) is 0 Å². The van der Waals surface area contributed by atoms with Gasteiger partial charge < -0.3 is 15.5 Å². The van der Waals surface area contributed by atoms with Crippen molar-refractivity contribution in [3.05, 3.63) is 0 Å². The second-order valence-corrected chi connectivity index (χ2v) is 9.55. The average molecular weight is 394 g/mol. The number of nitrogens with one attached hydrogen (secondary N) is 2. The topological polar surface area (TPSA) is 27.3 Å². The number of nitrogens with zero attached hydrogens (tertiary/aromatic N) is 1. The van der Waals surface area contributed by atoms with Crippen LogP contribution in [0.1, 0.15) is 116 Å². The van der Waals surface area contributed by atoms with Crippen LogP contribution in [0, 0.1) is 0 Å². The van der Waals surface area contributed by atoms with E-state index in [9.17, 15) is 0 Å². The summed E-state index contributed by atoms with van der Waals surface area (Å²) < 4.78 is 0. The Morgan fingerprint density at radius 1 is 0.643 bits per heavy atom. The van der Waals surface area contributed by atoms with Crippen LogP contribution in [0.5, 0.6) is 0 Å². The fraction of sp³-hybridized carbons (Fsp3) is 1.00.